The van der Waals surface area contributed by atoms with Gasteiger partial charge in [-0.2, -0.15) is 0 Å². The van der Waals surface area contributed by atoms with Gasteiger partial charge in [0.1, 0.15) is 0 Å². The minimum atomic E-state index is -1.08. The minimum absolute atomic E-state index is 0.0783. The van der Waals surface area contributed by atoms with Crippen molar-refractivity contribution in [1.82, 2.24) is 4.98 Å². The Morgan fingerprint density at radius 3 is 2.94 bits per heavy atom. The Morgan fingerprint density at radius 1 is 1.62 bits per heavy atom. The van der Waals surface area contributed by atoms with Crippen LogP contribution in [-0.2, 0) is 6.42 Å². The van der Waals surface area contributed by atoms with Gasteiger partial charge in [-0.3, -0.25) is 0 Å². The van der Waals surface area contributed by atoms with E-state index in [4.69, 9.17) is 9.52 Å². The number of carboxylic acid groups (broad SMARTS) is 1. The van der Waals surface area contributed by atoms with Gasteiger partial charge in [-0.1, -0.05) is 6.92 Å². The van der Waals surface area contributed by atoms with Crippen LogP contribution in [0.15, 0.2) is 15.9 Å². The molecule has 0 radical (unpaired) electrons. The molecule has 0 amide bonds. The Labute approximate surface area is 96.6 Å². The Balaban J connectivity index is 2.49. The molecule has 84 valence electrons. The van der Waals surface area contributed by atoms with E-state index in [2.05, 4.69) is 4.98 Å². The van der Waals surface area contributed by atoms with Crippen molar-refractivity contribution in [2.24, 2.45) is 0 Å². The predicted molar refractivity (Wildman–Crippen MR) is 60.9 cm³/mol. The highest BCUT2D eigenvalue weighted by atomic mass is 32.1. The SMILES string of the molecule is CCc1ccsc1-c1nc(C)c(C(=O)O)o1. The Kier molecular flexibility index (Phi) is 2.78. The van der Waals surface area contributed by atoms with E-state index >= 15 is 0 Å². The van der Waals surface area contributed by atoms with Crippen LogP contribution in [0.4, 0.5) is 0 Å². The molecular weight excluding hydrogens is 226 g/mol. The van der Waals surface area contributed by atoms with E-state index in [1.807, 2.05) is 18.4 Å². The number of hydrogen-bond donors (Lipinski definition) is 1. The summed E-state index contributed by atoms with van der Waals surface area (Å²) >= 11 is 1.51. The first-order chi connectivity index (χ1) is 7.63. The quantitative estimate of drug-likeness (QED) is 0.891. The van der Waals surface area contributed by atoms with Gasteiger partial charge < -0.3 is 9.52 Å². The van der Waals surface area contributed by atoms with E-state index in [0.29, 0.717) is 11.6 Å². The molecule has 0 aromatic carbocycles. The molecule has 0 spiro atoms. The van der Waals surface area contributed by atoms with Crippen molar-refractivity contribution in [1.29, 1.82) is 0 Å². The second-order valence-electron chi connectivity index (χ2n) is 3.37. The van der Waals surface area contributed by atoms with Crippen LogP contribution in [0.1, 0.15) is 28.7 Å². The third-order valence-corrected chi connectivity index (χ3v) is 3.26. The smallest absolute Gasteiger partial charge is 0.373 e. The highest BCUT2D eigenvalue weighted by molar-refractivity contribution is 7.13. The summed E-state index contributed by atoms with van der Waals surface area (Å²) in [7, 11) is 0. The predicted octanol–water partition coefficient (Wildman–Crippen LogP) is 2.97. The monoisotopic (exact) mass is 237 g/mol. The molecule has 2 aromatic rings. The highest BCUT2D eigenvalue weighted by Crippen LogP contribution is 2.30. The van der Waals surface area contributed by atoms with Crippen LogP contribution in [0.25, 0.3) is 10.8 Å². The van der Waals surface area contributed by atoms with Crippen molar-refractivity contribution < 1.29 is 14.3 Å². The molecule has 0 saturated heterocycles. The average Bonchev–Trinajstić information content (AvgIpc) is 2.82. The number of aromatic carboxylic acids is 1. The van der Waals surface area contributed by atoms with Crippen molar-refractivity contribution in [2.45, 2.75) is 20.3 Å². The van der Waals surface area contributed by atoms with Crippen molar-refractivity contribution in [3.05, 3.63) is 28.5 Å². The summed E-state index contributed by atoms with van der Waals surface area (Å²) in [5.41, 5.74) is 1.54. The topological polar surface area (TPSA) is 63.3 Å². The Bertz CT molecular complexity index is 527. The van der Waals surface area contributed by atoms with Crippen LogP contribution in [0.5, 0.6) is 0 Å². The van der Waals surface area contributed by atoms with E-state index in [9.17, 15) is 4.79 Å². The van der Waals surface area contributed by atoms with E-state index in [1.165, 1.54) is 11.3 Å². The zero-order valence-electron chi connectivity index (χ0n) is 8.98. The molecule has 0 bridgehead atoms. The maximum atomic E-state index is 10.8. The third-order valence-electron chi connectivity index (χ3n) is 2.31. The molecule has 16 heavy (non-hydrogen) atoms. The van der Waals surface area contributed by atoms with Crippen molar-refractivity contribution in [3.63, 3.8) is 0 Å². The molecule has 0 atom stereocenters. The Morgan fingerprint density at radius 2 is 2.38 bits per heavy atom. The van der Waals surface area contributed by atoms with E-state index in [0.717, 1.165) is 16.9 Å². The van der Waals surface area contributed by atoms with Gasteiger partial charge in [-0.05, 0) is 30.4 Å². The molecule has 0 aliphatic carbocycles. The summed E-state index contributed by atoms with van der Waals surface area (Å²) in [5.74, 6) is -0.752. The molecule has 0 aliphatic heterocycles. The summed E-state index contributed by atoms with van der Waals surface area (Å²) in [5, 5.41) is 10.8. The summed E-state index contributed by atoms with van der Waals surface area (Å²) in [4.78, 5) is 15.9. The number of carbonyl (C=O) groups is 1. The number of thiophene rings is 1. The highest BCUT2D eigenvalue weighted by Gasteiger charge is 2.19. The van der Waals surface area contributed by atoms with Crippen molar-refractivity contribution in [3.8, 4) is 10.8 Å². The van der Waals surface area contributed by atoms with Crippen LogP contribution in [0.3, 0.4) is 0 Å². The number of aromatic nitrogens is 1. The average molecular weight is 237 g/mol. The number of hydrogen-bond acceptors (Lipinski definition) is 4. The molecule has 4 nitrogen and oxygen atoms in total. The van der Waals surface area contributed by atoms with Gasteiger partial charge in [-0.15, -0.1) is 11.3 Å². The largest absolute Gasteiger partial charge is 0.475 e. The number of carboxylic acids is 1. The van der Waals surface area contributed by atoms with Gasteiger partial charge in [0.15, 0.2) is 0 Å². The van der Waals surface area contributed by atoms with Crippen LogP contribution in [-0.4, -0.2) is 16.1 Å². The van der Waals surface area contributed by atoms with Gasteiger partial charge >= 0.3 is 5.97 Å². The lowest BCUT2D eigenvalue weighted by Crippen LogP contribution is -1.95. The van der Waals surface area contributed by atoms with Crippen molar-refractivity contribution in [2.75, 3.05) is 0 Å². The Hall–Kier alpha value is -1.62. The van der Waals surface area contributed by atoms with E-state index in [-0.39, 0.29) is 5.76 Å². The fraction of sp³-hybridized carbons (Fsp3) is 0.273. The van der Waals surface area contributed by atoms with Gasteiger partial charge in [-0.25, -0.2) is 9.78 Å². The van der Waals surface area contributed by atoms with Gasteiger partial charge in [0, 0.05) is 0 Å². The summed E-state index contributed by atoms with van der Waals surface area (Å²) in [6.45, 7) is 3.68. The molecule has 0 aliphatic rings. The molecule has 2 aromatic heterocycles. The fourth-order valence-corrected chi connectivity index (χ4v) is 2.41. The lowest BCUT2D eigenvalue weighted by Gasteiger charge is -1.94. The van der Waals surface area contributed by atoms with Crippen LogP contribution in [0, 0.1) is 6.92 Å². The molecule has 0 saturated carbocycles. The molecule has 2 rings (SSSR count). The van der Waals surface area contributed by atoms with Gasteiger partial charge in [0.05, 0.1) is 10.6 Å². The second-order valence-corrected chi connectivity index (χ2v) is 4.28. The lowest BCUT2D eigenvalue weighted by atomic mass is 10.2. The lowest BCUT2D eigenvalue weighted by molar-refractivity contribution is 0.0662. The van der Waals surface area contributed by atoms with Crippen LogP contribution < -0.4 is 0 Å². The molecule has 1 N–H and O–H groups in total. The summed E-state index contributed by atoms with van der Waals surface area (Å²) in [6.07, 6.45) is 0.878. The minimum Gasteiger partial charge on any atom is -0.475 e. The first kappa shape index (κ1) is 10.9. The van der Waals surface area contributed by atoms with Crippen LogP contribution in [0.2, 0.25) is 0 Å². The van der Waals surface area contributed by atoms with Crippen molar-refractivity contribution >= 4 is 17.3 Å². The standard InChI is InChI=1S/C11H11NO3S/c1-3-7-4-5-16-9(7)10-12-6(2)8(15-10)11(13)14/h4-5H,3H2,1-2H3,(H,13,14). The molecule has 0 unspecified atom stereocenters. The third kappa shape index (κ3) is 1.74. The molecular formula is C11H11NO3S. The number of aryl methyl sites for hydroxylation is 2. The summed E-state index contributed by atoms with van der Waals surface area (Å²) in [6, 6.07) is 2.00. The molecule has 5 heteroatoms. The van der Waals surface area contributed by atoms with E-state index in [1.54, 1.807) is 6.92 Å². The zero-order valence-corrected chi connectivity index (χ0v) is 9.80. The van der Waals surface area contributed by atoms with Crippen LogP contribution >= 0.6 is 11.3 Å². The van der Waals surface area contributed by atoms with Gasteiger partial charge in [0.25, 0.3) is 0 Å². The summed E-state index contributed by atoms with van der Waals surface area (Å²) < 4.78 is 5.26. The maximum Gasteiger partial charge on any atom is 0.373 e. The zero-order chi connectivity index (χ0) is 11.7. The first-order valence-electron chi connectivity index (χ1n) is 4.91. The maximum absolute atomic E-state index is 10.8. The van der Waals surface area contributed by atoms with E-state index < -0.39 is 5.97 Å². The number of rotatable bonds is 3. The number of nitrogens with zero attached hydrogens (tertiary/aromatic N) is 1. The second kappa shape index (κ2) is 4.09. The van der Waals surface area contributed by atoms with Gasteiger partial charge in [0.2, 0.25) is 11.7 Å². The first-order valence-corrected chi connectivity index (χ1v) is 5.79. The number of oxazole rings is 1. The molecule has 0 fully saturated rings. The normalized spacial score (nSPS) is 10.6. The molecule has 2 heterocycles. The fourth-order valence-electron chi connectivity index (χ4n) is 1.49.